The fraction of sp³-hybridized carbons (Fsp3) is 0.491. The molecule has 2 amide bonds. The minimum absolute atomic E-state index is 0.0719. The summed E-state index contributed by atoms with van der Waals surface area (Å²) in [6.07, 6.45) is 7.18. The lowest BCUT2D eigenvalue weighted by atomic mass is 9.76. The molecular formula is C53H64ClN9O4S. The molecule has 4 atom stereocenters. The molecule has 0 unspecified atom stereocenters. The average molecular weight is 959 g/mol. The summed E-state index contributed by atoms with van der Waals surface area (Å²) in [6, 6.07) is 18.4. The number of β-amino-alcohol motifs (C(OH)–C–C–N with tert-alkyl or cyclic N) is 1. The van der Waals surface area contributed by atoms with Gasteiger partial charge in [-0.05, 0) is 138 Å². The van der Waals surface area contributed by atoms with Gasteiger partial charge in [-0.2, -0.15) is 10.1 Å². The van der Waals surface area contributed by atoms with Crippen LogP contribution >= 0.6 is 22.9 Å². The van der Waals surface area contributed by atoms with Gasteiger partial charge in [0.2, 0.25) is 11.8 Å². The Morgan fingerprint density at radius 3 is 2.41 bits per heavy atom. The van der Waals surface area contributed by atoms with Crippen molar-refractivity contribution in [2.75, 3.05) is 26.2 Å². The van der Waals surface area contributed by atoms with E-state index in [9.17, 15) is 19.5 Å². The van der Waals surface area contributed by atoms with Crippen molar-refractivity contribution in [2.45, 2.75) is 122 Å². The number of amides is 2. The standard InChI is InChI=1S/C53H64ClN9O4S/c1-30(2)47(51(67)62-28-38(64)25-44(62)49(65)58-31(3)34-17-19-37(20-18-34)48-32(4)57-29-68-48)56-26-41(60-55)36-15-13-33(14-16-36)27-61-23-21-35(22-24-61)39-9-7-12-43-46(39)53(5,6)52-59-50(66)45-40(54)10-8-11-42(45)63(43)52/h7-12,17-20,26,29-31,33,35-36,38,44,47,64H,13-16,21-25,27-28,55H2,1-6H3,(H,58,65)/b56-26?,60-41+/t31-,33?,36?,38+,44-,47-/m0/s1. The summed E-state index contributed by atoms with van der Waals surface area (Å²) >= 11 is 8.13. The fourth-order valence-corrected chi connectivity index (χ4v) is 12.6. The zero-order valence-corrected chi connectivity index (χ0v) is 41.6. The first-order valence-corrected chi connectivity index (χ1v) is 25.6. The topological polar surface area (TPSA) is 171 Å². The minimum atomic E-state index is -0.810. The number of fused-ring (bicyclic) bond motifs is 5. The van der Waals surface area contributed by atoms with Gasteiger partial charge in [-0.25, -0.2) is 4.98 Å². The first-order chi connectivity index (χ1) is 32.6. The van der Waals surface area contributed by atoms with E-state index < -0.39 is 23.6 Å². The van der Waals surface area contributed by atoms with E-state index in [-0.39, 0.29) is 48.2 Å². The van der Waals surface area contributed by atoms with Crippen LogP contribution in [0.15, 0.2) is 81.1 Å². The predicted molar refractivity (Wildman–Crippen MR) is 272 cm³/mol. The number of hydrogen-bond donors (Lipinski definition) is 3. The van der Waals surface area contributed by atoms with Crippen molar-refractivity contribution < 1.29 is 14.7 Å². The molecule has 0 spiro atoms. The summed E-state index contributed by atoms with van der Waals surface area (Å²) in [6.45, 7) is 15.4. The molecule has 9 rings (SSSR count). The fourth-order valence-electron chi connectivity index (χ4n) is 11.5. The van der Waals surface area contributed by atoms with Gasteiger partial charge in [-0.1, -0.05) is 67.9 Å². The van der Waals surface area contributed by atoms with Gasteiger partial charge in [0.1, 0.15) is 17.9 Å². The molecule has 1 saturated carbocycles. The molecule has 13 nitrogen and oxygen atoms in total. The number of piperidine rings is 1. The molecule has 5 heterocycles. The molecule has 2 saturated heterocycles. The van der Waals surface area contributed by atoms with Crippen LogP contribution in [-0.4, -0.2) is 97.5 Å². The second-order valence-electron chi connectivity index (χ2n) is 20.4. The molecule has 68 heavy (non-hydrogen) atoms. The first-order valence-electron chi connectivity index (χ1n) is 24.3. The maximum Gasteiger partial charge on any atom is 0.282 e. The lowest BCUT2D eigenvalue weighted by Crippen LogP contribution is -2.50. The number of carbonyl (C=O) groups excluding carboxylic acids is 2. The highest BCUT2D eigenvalue weighted by molar-refractivity contribution is 7.13. The molecule has 1 aliphatic carbocycles. The van der Waals surface area contributed by atoms with E-state index in [0.29, 0.717) is 28.0 Å². The molecule has 2 aromatic heterocycles. The molecule has 3 aromatic carbocycles. The van der Waals surface area contributed by atoms with Gasteiger partial charge < -0.3 is 26.1 Å². The zero-order valence-electron chi connectivity index (χ0n) is 40.0. The van der Waals surface area contributed by atoms with Gasteiger partial charge >= 0.3 is 0 Å². The lowest BCUT2D eigenvalue weighted by Gasteiger charge is -2.37. The highest BCUT2D eigenvalue weighted by atomic mass is 35.5. The largest absolute Gasteiger partial charge is 0.391 e. The van der Waals surface area contributed by atoms with Gasteiger partial charge in [-0.3, -0.25) is 23.9 Å². The Morgan fingerprint density at radius 2 is 1.74 bits per heavy atom. The monoisotopic (exact) mass is 957 g/mol. The minimum Gasteiger partial charge on any atom is -0.391 e. The van der Waals surface area contributed by atoms with Crippen LogP contribution in [0, 0.1) is 24.7 Å². The number of carbonyl (C=O) groups is 2. The Balaban J connectivity index is 0.782. The van der Waals surface area contributed by atoms with E-state index in [1.165, 1.54) is 16.0 Å². The quantitative estimate of drug-likeness (QED) is 0.0637. The van der Waals surface area contributed by atoms with Crippen molar-refractivity contribution in [3.8, 4) is 16.1 Å². The molecule has 0 bridgehead atoms. The van der Waals surface area contributed by atoms with Crippen LogP contribution in [-0.2, 0) is 15.0 Å². The van der Waals surface area contributed by atoms with Crippen LogP contribution in [0.25, 0.3) is 27.0 Å². The van der Waals surface area contributed by atoms with Crippen LogP contribution in [0.5, 0.6) is 0 Å². The summed E-state index contributed by atoms with van der Waals surface area (Å²) in [7, 11) is 0. The highest BCUT2D eigenvalue weighted by Gasteiger charge is 2.44. The third-order valence-electron chi connectivity index (χ3n) is 15.2. The van der Waals surface area contributed by atoms with E-state index in [1.807, 2.05) is 69.6 Å². The molecule has 4 N–H and O–H groups in total. The molecular weight excluding hydrogens is 894 g/mol. The average Bonchev–Trinajstić information content (AvgIpc) is 4.01. The molecule has 4 aliphatic rings. The van der Waals surface area contributed by atoms with E-state index in [2.05, 4.69) is 61.9 Å². The number of nitrogens with two attached hydrogens (primary N) is 1. The number of hydrazone groups is 1. The number of aliphatic hydroxyl groups is 1. The summed E-state index contributed by atoms with van der Waals surface area (Å²) in [4.78, 5) is 60.2. The van der Waals surface area contributed by atoms with Crippen molar-refractivity contribution in [1.82, 2.24) is 29.7 Å². The maximum atomic E-state index is 14.2. The summed E-state index contributed by atoms with van der Waals surface area (Å²) in [5.41, 5.74) is 9.32. The SMILES string of the molecule is Cc1ncsc1-c1ccc([C@H](C)NC(=O)[C@@H]2C[C@@H](O)CN2C(=O)[C@@H](N=C/C(=N\N)C2CCC(CN3CCC(c4cccc5c4C(C)(C)c4nc(=O)c6c(Cl)cccc6n4-5)CC3)CC2)C(C)C)cc1. The Labute approximate surface area is 407 Å². The zero-order chi connectivity index (χ0) is 48.0. The molecule has 15 heteroatoms. The number of nitrogens with zero attached hydrogens (tertiary/aromatic N) is 7. The third kappa shape index (κ3) is 9.16. The van der Waals surface area contributed by atoms with Crippen LogP contribution in [0.2, 0.25) is 5.02 Å². The predicted octanol–water partition coefficient (Wildman–Crippen LogP) is 8.35. The van der Waals surface area contributed by atoms with Crippen LogP contribution < -0.4 is 16.7 Å². The number of rotatable bonds is 12. The van der Waals surface area contributed by atoms with Gasteiger partial charge in [0.25, 0.3) is 5.56 Å². The number of benzene rings is 3. The summed E-state index contributed by atoms with van der Waals surface area (Å²) in [5, 5.41) is 18.9. The van der Waals surface area contributed by atoms with Crippen LogP contribution in [0.4, 0.5) is 0 Å². The number of aliphatic hydroxyl groups excluding tert-OH is 1. The normalized spacial score (nSPS) is 23.0. The number of thiazole rings is 1. The molecule has 5 aromatic rings. The third-order valence-corrected chi connectivity index (χ3v) is 16.5. The summed E-state index contributed by atoms with van der Waals surface area (Å²) in [5.74, 6) is 7.17. The molecule has 3 fully saturated rings. The van der Waals surface area contributed by atoms with E-state index in [0.717, 1.165) is 96.9 Å². The Morgan fingerprint density at radius 1 is 1.01 bits per heavy atom. The van der Waals surface area contributed by atoms with Crippen molar-refractivity contribution in [3.05, 3.63) is 110 Å². The second kappa shape index (κ2) is 19.6. The highest BCUT2D eigenvalue weighted by Crippen LogP contribution is 2.48. The van der Waals surface area contributed by atoms with Crippen molar-refractivity contribution in [1.29, 1.82) is 0 Å². The van der Waals surface area contributed by atoms with Crippen LogP contribution in [0.3, 0.4) is 0 Å². The van der Waals surface area contributed by atoms with E-state index >= 15 is 0 Å². The number of hydrogen-bond acceptors (Lipinski definition) is 11. The lowest BCUT2D eigenvalue weighted by molar-refractivity contribution is -0.140. The van der Waals surface area contributed by atoms with Gasteiger partial charge in [0, 0.05) is 31.6 Å². The van der Waals surface area contributed by atoms with Crippen molar-refractivity contribution >= 4 is 57.6 Å². The van der Waals surface area contributed by atoms with E-state index in [1.54, 1.807) is 23.6 Å². The number of halogens is 1. The number of aromatic nitrogens is 3. The maximum absolute atomic E-state index is 14.2. The van der Waals surface area contributed by atoms with Crippen molar-refractivity contribution in [3.63, 3.8) is 0 Å². The first kappa shape index (κ1) is 47.8. The van der Waals surface area contributed by atoms with Crippen molar-refractivity contribution in [2.24, 2.45) is 33.7 Å². The van der Waals surface area contributed by atoms with Gasteiger partial charge in [-0.15, -0.1) is 11.3 Å². The van der Waals surface area contributed by atoms with Gasteiger partial charge in [0.15, 0.2) is 0 Å². The number of aliphatic imine (C=N–C) groups is 1. The molecule has 0 radical (unpaired) electrons. The number of aryl methyl sites for hydroxylation is 1. The summed E-state index contributed by atoms with van der Waals surface area (Å²) < 4.78 is 2.15. The molecule has 3 aliphatic heterocycles. The Bertz CT molecular complexity index is 2800. The number of nitrogens with one attached hydrogen (secondary N) is 1. The Kier molecular flexibility index (Phi) is 13.8. The second-order valence-corrected chi connectivity index (χ2v) is 21.7. The van der Waals surface area contributed by atoms with Gasteiger partial charge in [0.05, 0.1) is 61.0 Å². The van der Waals surface area contributed by atoms with E-state index in [4.69, 9.17) is 22.4 Å². The number of likely N-dealkylation sites (tertiary alicyclic amines) is 2. The smallest absolute Gasteiger partial charge is 0.282 e. The molecule has 358 valence electrons. The van der Waals surface area contributed by atoms with Crippen LogP contribution in [0.1, 0.15) is 120 Å². The Hall–Kier alpha value is -5.28.